The summed E-state index contributed by atoms with van der Waals surface area (Å²) in [6.45, 7) is 0. The first-order valence-corrected chi connectivity index (χ1v) is 10.3. The van der Waals surface area contributed by atoms with Crippen LogP contribution >= 0.6 is 0 Å². The van der Waals surface area contributed by atoms with Crippen LogP contribution in [0.3, 0.4) is 0 Å². The first-order chi connectivity index (χ1) is 16.0. The van der Waals surface area contributed by atoms with E-state index in [1.807, 2.05) is 30.3 Å². The van der Waals surface area contributed by atoms with Crippen molar-refractivity contribution < 1.29 is 19.6 Å². The number of carbonyl (C=O) groups excluding carboxylic acids is 3. The lowest BCUT2D eigenvalue weighted by Crippen LogP contribution is -2.41. The Morgan fingerprint density at radius 3 is 2.33 bits per heavy atom. The van der Waals surface area contributed by atoms with Crippen molar-refractivity contribution >= 4 is 23.9 Å². The molecule has 0 saturated heterocycles. The monoisotopic (exact) mass is 444 g/mol. The van der Waals surface area contributed by atoms with Gasteiger partial charge in [0.15, 0.2) is 0 Å². The van der Waals surface area contributed by atoms with Crippen LogP contribution in [-0.2, 0) is 11.2 Å². The molecule has 3 aromatic rings. The number of nitrogens with one attached hydrogen (secondary N) is 3. The van der Waals surface area contributed by atoms with Crippen molar-refractivity contribution in [2.45, 2.75) is 18.9 Å². The average molecular weight is 444 g/mol. The molecule has 1 atom stereocenters. The van der Waals surface area contributed by atoms with Gasteiger partial charge in [-0.25, -0.2) is 10.3 Å². The molecule has 4 N–H and O–H groups in total. The van der Waals surface area contributed by atoms with Crippen LogP contribution in [0.15, 0.2) is 85.1 Å². The van der Waals surface area contributed by atoms with E-state index in [0.29, 0.717) is 18.4 Å². The zero-order valence-corrected chi connectivity index (χ0v) is 17.8. The fraction of sp³-hybridized carbons (Fsp3) is 0.120. The van der Waals surface area contributed by atoms with Crippen LogP contribution in [0.5, 0.6) is 0 Å². The molecule has 0 radical (unpaired) electrons. The molecule has 4 amide bonds. The molecule has 0 aliphatic heterocycles. The SMILES string of the molecule is O=C(C=Cc1ccc(C(CCc2ccccn2)NC(=O)NC(=O)c2ccccc2)cc1)NO. The Bertz CT molecular complexity index is 1100. The van der Waals surface area contributed by atoms with E-state index in [0.717, 1.165) is 16.8 Å². The first-order valence-electron chi connectivity index (χ1n) is 10.3. The van der Waals surface area contributed by atoms with Gasteiger partial charge in [-0.05, 0) is 54.3 Å². The lowest BCUT2D eigenvalue weighted by Gasteiger charge is -2.19. The molecule has 0 aliphatic carbocycles. The average Bonchev–Trinajstić information content (AvgIpc) is 2.86. The maximum absolute atomic E-state index is 12.6. The Kier molecular flexibility index (Phi) is 8.44. The molecule has 0 bridgehead atoms. The fourth-order valence-corrected chi connectivity index (χ4v) is 3.17. The van der Waals surface area contributed by atoms with Gasteiger partial charge in [0.25, 0.3) is 11.8 Å². The Morgan fingerprint density at radius 2 is 1.67 bits per heavy atom. The summed E-state index contributed by atoms with van der Waals surface area (Å²) in [4.78, 5) is 40.4. The summed E-state index contributed by atoms with van der Waals surface area (Å²) in [5.41, 5.74) is 4.39. The number of aryl methyl sites for hydroxylation is 1. The number of hydrogen-bond donors (Lipinski definition) is 4. The molecule has 0 aliphatic rings. The topological polar surface area (TPSA) is 120 Å². The van der Waals surface area contributed by atoms with Crippen LogP contribution in [0.2, 0.25) is 0 Å². The second-order valence-corrected chi connectivity index (χ2v) is 7.18. The maximum Gasteiger partial charge on any atom is 0.322 e. The molecule has 3 rings (SSSR count). The van der Waals surface area contributed by atoms with Crippen LogP contribution in [0, 0.1) is 0 Å². The Labute approximate surface area is 191 Å². The van der Waals surface area contributed by atoms with E-state index in [1.165, 1.54) is 11.6 Å². The number of carbonyl (C=O) groups is 3. The molecule has 8 nitrogen and oxygen atoms in total. The minimum atomic E-state index is -0.631. The predicted molar refractivity (Wildman–Crippen MR) is 123 cm³/mol. The van der Waals surface area contributed by atoms with Gasteiger partial charge >= 0.3 is 6.03 Å². The van der Waals surface area contributed by atoms with Crippen molar-refractivity contribution in [1.82, 2.24) is 21.1 Å². The van der Waals surface area contributed by atoms with E-state index >= 15 is 0 Å². The highest BCUT2D eigenvalue weighted by molar-refractivity contribution is 6.04. The molecule has 33 heavy (non-hydrogen) atoms. The Hall–Kier alpha value is -4.30. The summed E-state index contributed by atoms with van der Waals surface area (Å²) in [6, 6.07) is 20.4. The van der Waals surface area contributed by atoms with Crippen molar-refractivity contribution in [3.8, 4) is 0 Å². The third-order valence-electron chi connectivity index (χ3n) is 4.86. The highest BCUT2D eigenvalue weighted by atomic mass is 16.5. The number of rotatable bonds is 8. The number of hydroxylamine groups is 1. The molecule has 8 heteroatoms. The van der Waals surface area contributed by atoms with E-state index < -0.39 is 17.8 Å². The minimum Gasteiger partial charge on any atom is -0.331 e. The number of nitrogens with zero attached hydrogens (tertiary/aromatic N) is 1. The first kappa shape index (κ1) is 23.4. The second-order valence-electron chi connectivity index (χ2n) is 7.18. The smallest absolute Gasteiger partial charge is 0.322 e. The third kappa shape index (κ3) is 7.41. The lowest BCUT2D eigenvalue weighted by molar-refractivity contribution is -0.124. The standard InChI is InChI=1S/C25H24N4O4/c30-23(29-33)16-11-18-9-12-19(13-10-18)22(15-14-21-8-4-5-17-26-21)27-25(32)28-24(31)20-6-2-1-3-7-20/h1-13,16-17,22,33H,14-15H2,(H,29,30)(H2,27,28,31,32). The van der Waals surface area contributed by atoms with Gasteiger partial charge in [-0.2, -0.15) is 0 Å². The molecule has 168 valence electrons. The molecule has 0 spiro atoms. The van der Waals surface area contributed by atoms with Crippen LogP contribution in [0.4, 0.5) is 4.79 Å². The van der Waals surface area contributed by atoms with E-state index in [-0.39, 0.29) is 6.04 Å². The van der Waals surface area contributed by atoms with Crippen molar-refractivity contribution in [3.63, 3.8) is 0 Å². The van der Waals surface area contributed by atoms with E-state index in [9.17, 15) is 14.4 Å². The Balaban J connectivity index is 1.71. The normalized spacial score (nSPS) is 11.5. The molecule has 0 fully saturated rings. The van der Waals surface area contributed by atoms with Crippen LogP contribution in [0.25, 0.3) is 6.08 Å². The molecule has 1 heterocycles. The summed E-state index contributed by atoms with van der Waals surface area (Å²) in [5, 5.41) is 13.8. The number of imide groups is 1. The molecule has 1 aromatic heterocycles. The number of urea groups is 1. The summed E-state index contributed by atoms with van der Waals surface area (Å²) in [6.07, 6.45) is 5.65. The largest absolute Gasteiger partial charge is 0.331 e. The van der Waals surface area contributed by atoms with Crippen LogP contribution < -0.4 is 16.1 Å². The van der Waals surface area contributed by atoms with Gasteiger partial charge in [0.05, 0.1) is 6.04 Å². The van der Waals surface area contributed by atoms with Crippen LogP contribution in [0.1, 0.15) is 39.6 Å². The molecule has 0 saturated carbocycles. The minimum absolute atomic E-state index is 0.380. The number of pyridine rings is 1. The van der Waals surface area contributed by atoms with Gasteiger partial charge in [-0.15, -0.1) is 0 Å². The van der Waals surface area contributed by atoms with Crippen LogP contribution in [-0.4, -0.2) is 28.0 Å². The summed E-state index contributed by atoms with van der Waals surface area (Å²) in [5.74, 6) is -1.12. The second kappa shape index (κ2) is 11.9. The van der Waals surface area contributed by atoms with E-state index in [2.05, 4.69) is 15.6 Å². The van der Waals surface area contributed by atoms with Crippen molar-refractivity contribution in [2.75, 3.05) is 0 Å². The lowest BCUT2D eigenvalue weighted by atomic mass is 9.99. The van der Waals surface area contributed by atoms with Crippen molar-refractivity contribution in [1.29, 1.82) is 0 Å². The summed E-state index contributed by atoms with van der Waals surface area (Å²) >= 11 is 0. The molecular formula is C25H24N4O4. The number of aromatic nitrogens is 1. The van der Waals surface area contributed by atoms with Gasteiger partial charge in [0.2, 0.25) is 0 Å². The quantitative estimate of drug-likeness (QED) is 0.241. The number of benzene rings is 2. The highest BCUT2D eigenvalue weighted by Crippen LogP contribution is 2.20. The summed E-state index contributed by atoms with van der Waals surface area (Å²) < 4.78 is 0. The highest BCUT2D eigenvalue weighted by Gasteiger charge is 2.17. The van der Waals surface area contributed by atoms with Gasteiger partial charge in [-0.3, -0.25) is 25.1 Å². The molecular weight excluding hydrogens is 420 g/mol. The van der Waals surface area contributed by atoms with Crippen molar-refractivity contribution in [2.24, 2.45) is 0 Å². The molecule has 2 aromatic carbocycles. The van der Waals surface area contributed by atoms with Crippen molar-refractivity contribution in [3.05, 3.63) is 107 Å². The van der Waals surface area contributed by atoms with Gasteiger partial charge in [0, 0.05) is 23.5 Å². The number of hydrogen-bond acceptors (Lipinski definition) is 5. The third-order valence-corrected chi connectivity index (χ3v) is 4.86. The zero-order chi connectivity index (χ0) is 23.5. The summed E-state index contributed by atoms with van der Waals surface area (Å²) in [7, 11) is 0. The number of amides is 4. The molecule has 1 unspecified atom stereocenters. The van der Waals surface area contributed by atoms with Gasteiger partial charge < -0.3 is 5.32 Å². The predicted octanol–water partition coefficient (Wildman–Crippen LogP) is 3.41. The van der Waals surface area contributed by atoms with Gasteiger partial charge in [0.1, 0.15) is 0 Å². The van der Waals surface area contributed by atoms with E-state index in [4.69, 9.17) is 5.21 Å². The maximum atomic E-state index is 12.6. The Morgan fingerprint density at radius 1 is 0.939 bits per heavy atom. The zero-order valence-electron chi connectivity index (χ0n) is 17.8. The van der Waals surface area contributed by atoms with Gasteiger partial charge in [-0.1, -0.05) is 48.5 Å². The van der Waals surface area contributed by atoms with E-state index in [1.54, 1.807) is 54.7 Å². The fourth-order valence-electron chi connectivity index (χ4n) is 3.17.